The molecule has 3 aromatic rings. The molecule has 6 nitrogen and oxygen atoms in total. The molecule has 0 radical (unpaired) electrons. The predicted octanol–water partition coefficient (Wildman–Crippen LogP) is 4.00. The van der Waals surface area contributed by atoms with Gasteiger partial charge in [-0.15, -0.1) is 0 Å². The minimum absolute atomic E-state index is 0.000783. The first kappa shape index (κ1) is 16.4. The molecule has 0 N–H and O–H groups in total. The van der Waals surface area contributed by atoms with E-state index in [9.17, 15) is 4.79 Å². The van der Waals surface area contributed by atoms with Crippen LogP contribution in [0.4, 0.5) is 0 Å². The maximum absolute atomic E-state index is 13.6. The van der Waals surface area contributed by atoms with Gasteiger partial charge in [0.2, 0.25) is 0 Å². The molecular weight excluding hydrogens is 364 g/mol. The molecule has 2 bridgehead atoms. The second-order valence-corrected chi connectivity index (χ2v) is 7.44. The molecule has 2 atom stereocenters. The fourth-order valence-corrected chi connectivity index (χ4v) is 4.55. The van der Waals surface area contributed by atoms with Gasteiger partial charge in [-0.3, -0.25) is 4.79 Å². The van der Waals surface area contributed by atoms with E-state index in [1.165, 1.54) is 0 Å². The zero-order valence-corrected chi connectivity index (χ0v) is 15.5. The van der Waals surface area contributed by atoms with Crippen LogP contribution in [0.3, 0.4) is 0 Å². The van der Waals surface area contributed by atoms with Gasteiger partial charge >= 0.3 is 0 Å². The SMILES string of the molecule is Cc1onc(-c2ccccc2Cl)c1C(=O)N1C2CCC1c1cncnc1C2. The molecular formula is C20H17ClN4O2. The Morgan fingerprint density at radius 3 is 3.00 bits per heavy atom. The van der Waals surface area contributed by atoms with Crippen molar-refractivity contribution in [2.45, 2.75) is 38.3 Å². The Labute approximate surface area is 161 Å². The smallest absolute Gasteiger partial charge is 0.260 e. The third-order valence-electron chi connectivity index (χ3n) is 5.56. The van der Waals surface area contributed by atoms with Crippen molar-refractivity contribution in [1.82, 2.24) is 20.0 Å². The first-order chi connectivity index (χ1) is 13.1. The maximum Gasteiger partial charge on any atom is 0.260 e. The van der Waals surface area contributed by atoms with Gasteiger partial charge in [0, 0.05) is 29.8 Å². The lowest BCUT2D eigenvalue weighted by Crippen LogP contribution is -2.42. The molecule has 1 aromatic carbocycles. The zero-order chi connectivity index (χ0) is 18.5. The predicted molar refractivity (Wildman–Crippen MR) is 99.4 cm³/mol. The maximum atomic E-state index is 13.6. The molecule has 2 aromatic heterocycles. The molecule has 2 aliphatic rings. The number of carbonyl (C=O) groups is 1. The van der Waals surface area contributed by atoms with E-state index in [1.807, 2.05) is 29.3 Å². The standard InChI is InChI=1S/C20H17ClN4O2/c1-11-18(19(24-27-11)13-4-2-3-5-15(13)21)20(26)25-12-6-7-17(25)14-9-22-10-23-16(14)8-12/h2-5,9-10,12,17H,6-8H2,1H3. The number of hydrogen-bond acceptors (Lipinski definition) is 5. The van der Waals surface area contributed by atoms with Crippen LogP contribution >= 0.6 is 11.6 Å². The Morgan fingerprint density at radius 1 is 1.30 bits per heavy atom. The van der Waals surface area contributed by atoms with Crippen LogP contribution in [-0.2, 0) is 6.42 Å². The number of fused-ring (bicyclic) bond motifs is 4. The van der Waals surface area contributed by atoms with E-state index in [4.69, 9.17) is 16.1 Å². The minimum atomic E-state index is -0.0642. The quantitative estimate of drug-likeness (QED) is 0.672. The third-order valence-corrected chi connectivity index (χ3v) is 5.89. The third kappa shape index (κ3) is 2.47. The van der Waals surface area contributed by atoms with Crippen LogP contribution in [0.2, 0.25) is 5.02 Å². The second kappa shape index (κ2) is 6.16. The van der Waals surface area contributed by atoms with Gasteiger partial charge in [-0.2, -0.15) is 0 Å². The molecule has 5 rings (SSSR count). The van der Waals surface area contributed by atoms with Gasteiger partial charge in [-0.25, -0.2) is 9.97 Å². The minimum Gasteiger partial charge on any atom is -0.360 e. The number of aromatic nitrogens is 3. The van der Waals surface area contributed by atoms with E-state index >= 15 is 0 Å². The van der Waals surface area contributed by atoms with Crippen molar-refractivity contribution >= 4 is 17.5 Å². The monoisotopic (exact) mass is 380 g/mol. The summed E-state index contributed by atoms with van der Waals surface area (Å²) < 4.78 is 5.40. The van der Waals surface area contributed by atoms with Crippen molar-refractivity contribution in [1.29, 1.82) is 0 Å². The van der Waals surface area contributed by atoms with E-state index in [-0.39, 0.29) is 18.0 Å². The fourth-order valence-electron chi connectivity index (χ4n) is 4.32. The Bertz CT molecular complexity index is 1050. The molecule has 136 valence electrons. The molecule has 0 spiro atoms. The number of amides is 1. The van der Waals surface area contributed by atoms with E-state index in [2.05, 4.69) is 15.1 Å². The largest absolute Gasteiger partial charge is 0.360 e. The highest BCUT2D eigenvalue weighted by atomic mass is 35.5. The van der Waals surface area contributed by atoms with Crippen LogP contribution in [0, 0.1) is 6.92 Å². The van der Waals surface area contributed by atoms with Gasteiger partial charge in [0.1, 0.15) is 23.3 Å². The lowest BCUT2D eigenvalue weighted by Gasteiger charge is -2.35. The Hall–Kier alpha value is -2.73. The van der Waals surface area contributed by atoms with E-state index in [0.717, 1.165) is 30.5 Å². The van der Waals surface area contributed by atoms with E-state index in [0.29, 0.717) is 27.6 Å². The summed E-state index contributed by atoms with van der Waals surface area (Å²) in [5, 5.41) is 4.69. The summed E-state index contributed by atoms with van der Waals surface area (Å²) >= 11 is 6.34. The number of aryl methyl sites for hydroxylation is 1. The van der Waals surface area contributed by atoms with Crippen molar-refractivity contribution in [2.75, 3.05) is 0 Å². The van der Waals surface area contributed by atoms with Crippen LogP contribution in [0.15, 0.2) is 41.3 Å². The summed E-state index contributed by atoms with van der Waals surface area (Å²) in [4.78, 5) is 24.1. The van der Waals surface area contributed by atoms with Crippen molar-refractivity contribution in [3.8, 4) is 11.3 Å². The number of nitrogens with zero attached hydrogens (tertiary/aromatic N) is 4. The summed E-state index contributed by atoms with van der Waals surface area (Å²) in [5.74, 6) is 0.440. The molecule has 27 heavy (non-hydrogen) atoms. The van der Waals surface area contributed by atoms with Gasteiger partial charge < -0.3 is 9.42 Å². The average Bonchev–Trinajstić information content (AvgIpc) is 3.21. The highest BCUT2D eigenvalue weighted by Gasteiger charge is 2.45. The molecule has 7 heteroatoms. The number of hydrogen-bond donors (Lipinski definition) is 0. The van der Waals surface area contributed by atoms with Crippen molar-refractivity contribution in [3.05, 3.63) is 64.4 Å². The molecule has 1 fully saturated rings. The van der Waals surface area contributed by atoms with Gasteiger partial charge in [0.05, 0.1) is 16.8 Å². The summed E-state index contributed by atoms with van der Waals surface area (Å²) in [7, 11) is 0. The number of halogens is 1. The average molecular weight is 381 g/mol. The molecule has 4 heterocycles. The van der Waals surface area contributed by atoms with Crippen LogP contribution < -0.4 is 0 Å². The first-order valence-electron chi connectivity index (χ1n) is 8.97. The van der Waals surface area contributed by atoms with Crippen molar-refractivity contribution in [2.24, 2.45) is 0 Å². The lowest BCUT2D eigenvalue weighted by molar-refractivity contribution is 0.0642. The number of rotatable bonds is 2. The van der Waals surface area contributed by atoms with Gasteiger partial charge in [-0.1, -0.05) is 35.0 Å². The molecule has 2 aliphatic heterocycles. The summed E-state index contributed by atoms with van der Waals surface area (Å²) in [6.07, 6.45) is 6.05. The fraction of sp³-hybridized carbons (Fsp3) is 0.300. The summed E-state index contributed by atoms with van der Waals surface area (Å²) in [5.41, 5.74) is 3.79. The normalized spacial score (nSPS) is 20.6. The Kier molecular flexibility index (Phi) is 3.75. The highest BCUT2D eigenvalue weighted by Crippen LogP contribution is 2.44. The van der Waals surface area contributed by atoms with Crippen LogP contribution in [0.25, 0.3) is 11.3 Å². The lowest BCUT2D eigenvalue weighted by atomic mass is 9.97. The first-order valence-corrected chi connectivity index (χ1v) is 9.35. The zero-order valence-electron chi connectivity index (χ0n) is 14.7. The van der Waals surface area contributed by atoms with E-state index in [1.54, 1.807) is 19.3 Å². The summed E-state index contributed by atoms with van der Waals surface area (Å²) in [6, 6.07) is 7.50. The van der Waals surface area contributed by atoms with Gasteiger partial charge in [0.25, 0.3) is 5.91 Å². The number of benzene rings is 1. The summed E-state index contributed by atoms with van der Waals surface area (Å²) in [6.45, 7) is 1.77. The van der Waals surface area contributed by atoms with Gasteiger partial charge in [-0.05, 0) is 25.8 Å². The topological polar surface area (TPSA) is 72.1 Å². The van der Waals surface area contributed by atoms with Crippen molar-refractivity contribution < 1.29 is 9.32 Å². The molecule has 2 unspecified atom stereocenters. The number of carbonyl (C=O) groups excluding carboxylic acids is 1. The molecule has 1 amide bonds. The molecule has 1 saturated heterocycles. The van der Waals surface area contributed by atoms with Crippen LogP contribution in [-0.4, -0.2) is 32.0 Å². The van der Waals surface area contributed by atoms with Crippen LogP contribution in [0.1, 0.15) is 46.3 Å². The molecule has 0 aliphatic carbocycles. The highest BCUT2D eigenvalue weighted by molar-refractivity contribution is 6.33. The Balaban J connectivity index is 1.59. The Morgan fingerprint density at radius 2 is 2.15 bits per heavy atom. The van der Waals surface area contributed by atoms with Crippen molar-refractivity contribution in [3.63, 3.8) is 0 Å². The van der Waals surface area contributed by atoms with Crippen LogP contribution in [0.5, 0.6) is 0 Å². The molecule has 0 saturated carbocycles. The van der Waals surface area contributed by atoms with E-state index < -0.39 is 0 Å². The second-order valence-electron chi connectivity index (χ2n) is 7.03. The van der Waals surface area contributed by atoms with Gasteiger partial charge in [0.15, 0.2) is 0 Å².